The second-order valence-electron chi connectivity index (χ2n) is 6.93. The first kappa shape index (κ1) is 20.8. The van der Waals surface area contributed by atoms with E-state index < -0.39 is 10.0 Å². The quantitative estimate of drug-likeness (QED) is 0.708. The molecule has 2 aliphatic heterocycles. The van der Waals surface area contributed by atoms with Gasteiger partial charge in [-0.25, -0.2) is 13.4 Å². The minimum Gasteiger partial charge on any atom is -0.493 e. The van der Waals surface area contributed by atoms with Crippen molar-refractivity contribution in [2.75, 3.05) is 28.4 Å². The Morgan fingerprint density at radius 2 is 1.68 bits per heavy atom. The summed E-state index contributed by atoms with van der Waals surface area (Å²) < 4.78 is 43.8. The van der Waals surface area contributed by atoms with Crippen LogP contribution in [-0.2, 0) is 16.6 Å². The number of aliphatic imine (C=N–C) groups is 1. The van der Waals surface area contributed by atoms with E-state index in [4.69, 9.17) is 19.2 Å². The molecule has 0 saturated carbocycles. The van der Waals surface area contributed by atoms with Crippen molar-refractivity contribution in [3.8, 4) is 17.2 Å². The van der Waals surface area contributed by atoms with Gasteiger partial charge in [0.1, 0.15) is 4.90 Å². The third kappa shape index (κ3) is 3.50. The van der Waals surface area contributed by atoms with Gasteiger partial charge in [-0.3, -0.25) is 4.31 Å². The molecule has 2 aromatic rings. The summed E-state index contributed by atoms with van der Waals surface area (Å²) in [6.45, 7) is 0.416. The van der Waals surface area contributed by atoms with Gasteiger partial charge in [0.2, 0.25) is 5.75 Å². The van der Waals surface area contributed by atoms with Crippen molar-refractivity contribution in [1.82, 2.24) is 9.21 Å². The molecule has 31 heavy (non-hydrogen) atoms. The number of para-hydroxylation sites is 1. The number of allylic oxidation sites excluding steroid dienone is 2. The number of amidine groups is 1. The van der Waals surface area contributed by atoms with E-state index in [1.165, 1.54) is 11.4 Å². The van der Waals surface area contributed by atoms with E-state index in [1.54, 1.807) is 57.7 Å². The van der Waals surface area contributed by atoms with E-state index in [0.29, 0.717) is 41.0 Å². The lowest BCUT2D eigenvalue weighted by atomic mass is 10.1. The highest BCUT2D eigenvalue weighted by Gasteiger charge is 2.34. The van der Waals surface area contributed by atoms with Crippen LogP contribution in [0.5, 0.6) is 17.2 Å². The molecule has 0 aliphatic carbocycles. The Hall–Kier alpha value is -3.46. The number of sulfonamides is 1. The van der Waals surface area contributed by atoms with Crippen molar-refractivity contribution in [1.29, 1.82) is 0 Å². The summed E-state index contributed by atoms with van der Waals surface area (Å²) in [4.78, 5) is 6.79. The normalized spacial score (nSPS) is 16.5. The van der Waals surface area contributed by atoms with Crippen molar-refractivity contribution in [3.05, 3.63) is 66.0 Å². The fraction of sp³-hybridized carbons (Fsp3) is 0.227. The van der Waals surface area contributed by atoms with E-state index in [0.717, 1.165) is 5.56 Å². The Morgan fingerprint density at radius 3 is 2.32 bits per heavy atom. The van der Waals surface area contributed by atoms with Gasteiger partial charge in [0, 0.05) is 19.8 Å². The smallest absolute Gasteiger partial charge is 0.266 e. The summed E-state index contributed by atoms with van der Waals surface area (Å²) >= 11 is 0. The summed E-state index contributed by atoms with van der Waals surface area (Å²) in [6.07, 6.45) is 5.40. The van der Waals surface area contributed by atoms with Gasteiger partial charge in [0.15, 0.2) is 17.3 Å². The van der Waals surface area contributed by atoms with E-state index in [1.807, 2.05) is 23.2 Å². The van der Waals surface area contributed by atoms with Crippen LogP contribution in [0.1, 0.15) is 5.56 Å². The zero-order chi connectivity index (χ0) is 22.2. The van der Waals surface area contributed by atoms with Gasteiger partial charge >= 0.3 is 0 Å². The highest BCUT2D eigenvalue weighted by Crippen LogP contribution is 2.39. The monoisotopic (exact) mass is 441 g/mol. The van der Waals surface area contributed by atoms with Crippen molar-refractivity contribution < 1.29 is 22.6 Å². The SMILES string of the molecule is COc1cc(CN2C=CC=C3C2=Nc2ccccc2S(=O)(=O)N3C)cc(OC)c1OC. The highest BCUT2D eigenvalue weighted by molar-refractivity contribution is 7.89. The molecule has 0 aromatic heterocycles. The second kappa shape index (κ2) is 7.99. The van der Waals surface area contributed by atoms with Gasteiger partial charge in [-0.1, -0.05) is 12.1 Å². The highest BCUT2D eigenvalue weighted by atomic mass is 32.2. The third-order valence-electron chi connectivity index (χ3n) is 5.17. The minimum absolute atomic E-state index is 0.174. The van der Waals surface area contributed by atoms with Crippen LogP contribution in [0.2, 0.25) is 0 Å². The number of fused-ring (bicyclic) bond motifs is 2. The van der Waals surface area contributed by atoms with Gasteiger partial charge in [-0.15, -0.1) is 0 Å². The molecule has 0 fully saturated rings. The molecule has 0 amide bonds. The fourth-order valence-corrected chi connectivity index (χ4v) is 4.93. The summed E-state index contributed by atoms with van der Waals surface area (Å²) in [6, 6.07) is 10.5. The molecule has 0 spiro atoms. The molecule has 2 aliphatic rings. The van der Waals surface area contributed by atoms with Crippen LogP contribution in [0.4, 0.5) is 5.69 Å². The van der Waals surface area contributed by atoms with Crippen LogP contribution in [0.25, 0.3) is 0 Å². The van der Waals surface area contributed by atoms with E-state index in [2.05, 4.69) is 0 Å². The van der Waals surface area contributed by atoms with E-state index in [9.17, 15) is 8.42 Å². The molecule has 0 radical (unpaired) electrons. The van der Waals surface area contributed by atoms with Gasteiger partial charge in [-0.05, 0) is 42.0 Å². The minimum atomic E-state index is -3.72. The Morgan fingerprint density at radius 1 is 1.00 bits per heavy atom. The molecule has 8 nitrogen and oxygen atoms in total. The van der Waals surface area contributed by atoms with Crippen LogP contribution in [0, 0.1) is 0 Å². The average Bonchev–Trinajstić information content (AvgIpc) is 2.87. The maximum Gasteiger partial charge on any atom is 0.266 e. The Kier molecular flexibility index (Phi) is 5.36. The Labute approximate surface area is 181 Å². The van der Waals surface area contributed by atoms with Gasteiger partial charge < -0.3 is 19.1 Å². The van der Waals surface area contributed by atoms with Gasteiger partial charge in [0.25, 0.3) is 10.0 Å². The van der Waals surface area contributed by atoms with Crippen LogP contribution in [0.15, 0.2) is 70.3 Å². The van der Waals surface area contributed by atoms with Crippen molar-refractivity contribution in [3.63, 3.8) is 0 Å². The number of hydrogen-bond donors (Lipinski definition) is 0. The van der Waals surface area contributed by atoms with Crippen LogP contribution in [-0.4, -0.2) is 51.8 Å². The number of hydrogen-bond acceptors (Lipinski definition) is 7. The number of ether oxygens (including phenoxy) is 3. The summed E-state index contributed by atoms with van der Waals surface area (Å²) in [5.41, 5.74) is 1.77. The van der Waals surface area contributed by atoms with E-state index >= 15 is 0 Å². The van der Waals surface area contributed by atoms with Crippen molar-refractivity contribution in [2.24, 2.45) is 4.99 Å². The van der Waals surface area contributed by atoms with Crippen LogP contribution in [0.3, 0.4) is 0 Å². The molecule has 2 heterocycles. The predicted octanol–water partition coefficient (Wildman–Crippen LogP) is 3.29. The number of likely N-dealkylation sites (N-methyl/N-ethyl adjacent to an activating group) is 1. The largest absolute Gasteiger partial charge is 0.493 e. The van der Waals surface area contributed by atoms with Crippen LogP contribution >= 0.6 is 0 Å². The van der Waals surface area contributed by atoms with Gasteiger partial charge in [0.05, 0.1) is 32.7 Å². The topological polar surface area (TPSA) is 80.7 Å². The van der Waals surface area contributed by atoms with Crippen molar-refractivity contribution in [2.45, 2.75) is 11.4 Å². The summed E-state index contributed by atoms with van der Waals surface area (Å²) in [7, 11) is 2.50. The van der Waals surface area contributed by atoms with E-state index in [-0.39, 0.29) is 4.90 Å². The van der Waals surface area contributed by atoms with Crippen LogP contribution < -0.4 is 14.2 Å². The Bertz CT molecular complexity index is 1190. The molecule has 9 heteroatoms. The Balaban J connectivity index is 1.78. The molecule has 0 saturated heterocycles. The first-order valence-corrected chi connectivity index (χ1v) is 11.0. The molecular weight excluding hydrogens is 418 g/mol. The molecule has 0 N–H and O–H groups in total. The summed E-state index contributed by atoms with van der Waals surface area (Å²) in [5.74, 6) is 2.13. The second-order valence-corrected chi connectivity index (χ2v) is 8.87. The average molecular weight is 442 g/mol. The maximum absolute atomic E-state index is 13.1. The zero-order valence-electron chi connectivity index (χ0n) is 17.7. The molecular formula is C22H23N3O5S. The maximum atomic E-state index is 13.1. The third-order valence-corrected chi connectivity index (χ3v) is 6.99. The molecule has 162 valence electrons. The standard InChI is InChI=1S/C22H23N3O5S/c1-24-17-9-7-11-25(14-15-12-18(28-2)21(30-4)19(13-15)29-3)22(17)23-16-8-5-6-10-20(16)31(24,26)27/h5-13H,14H2,1-4H3. The molecule has 4 rings (SSSR count). The van der Waals surface area contributed by atoms with Crippen molar-refractivity contribution >= 4 is 21.5 Å². The fourth-order valence-electron chi connectivity index (χ4n) is 3.61. The van der Waals surface area contributed by atoms with Gasteiger partial charge in [-0.2, -0.15) is 0 Å². The number of methoxy groups -OCH3 is 3. The lowest BCUT2D eigenvalue weighted by Crippen LogP contribution is -2.36. The molecule has 0 unspecified atom stereocenters. The first-order valence-electron chi connectivity index (χ1n) is 9.51. The molecule has 0 bridgehead atoms. The first-order chi connectivity index (χ1) is 14.9. The molecule has 2 aromatic carbocycles. The summed E-state index contributed by atoms with van der Waals surface area (Å²) in [5, 5.41) is 0. The number of nitrogens with zero attached hydrogens (tertiary/aromatic N) is 3. The zero-order valence-corrected chi connectivity index (χ0v) is 18.5. The predicted molar refractivity (Wildman–Crippen MR) is 117 cm³/mol. The number of rotatable bonds is 5. The lowest BCUT2D eigenvalue weighted by Gasteiger charge is -2.30. The lowest BCUT2D eigenvalue weighted by molar-refractivity contribution is 0.323. The number of benzene rings is 2. The molecule has 0 atom stereocenters.